The van der Waals surface area contributed by atoms with Gasteiger partial charge in [-0.15, -0.1) is 0 Å². The van der Waals surface area contributed by atoms with E-state index in [1.807, 2.05) is 0 Å². The highest BCUT2D eigenvalue weighted by Gasteiger charge is 2.17. The standard InChI is InChI=1S/C14H24O/c1-3-4-5-13-6-8-14(9-7-13)12(2)10-11-15/h8,11-13H,3-7,9-10H2,1-2H3/t12?,13-/m1/s1. The summed E-state index contributed by atoms with van der Waals surface area (Å²) in [6, 6.07) is 0. The molecule has 86 valence electrons. The SMILES string of the molecule is CCCC[C@@H]1CC=C(C(C)CC=O)CC1. The van der Waals surface area contributed by atoms with Gasteiger partial charge in [-0.2, -0.15) is 0 Å². The van der Waals surface area contributed by atoms with Crippen molar-refractivity contribution in [3.8, 4) is 0 Å². The molecule has 2 atom stereocenters. The van der Waals surface area contributed by atoms with Crippen LogP contribution < -0.4 is 0 Å². The van der Waals surface area contributed by atoms with E-state index >= 15 is 0 Å². The van der Waals surface area contributed by atoms with Crippen LogP contribution in [0.3, 0.4) is 0 Å². The summed E-state index contributed by atoms with van der Waals surface area (Å²) >= 11 is 0. The monoisotopic (exact) mass is 208 g/mol. The van der Waals surface area contributed by atoms with Gasteiger partial charge in [-0.3, -0.25) is 0 Å². The Morgan fingerprint density at radius 2 is 2.40 bits per heavy atom. The number of hydrogen-bond acceptors (Lipinski definition) is 1. The van der Waals surface area contributed by atoms with E-state index in [0.29, 0.717) is 12.3 Å². The molecule has 1 nitrogen and oxygen atoms in total. The molecule has 0 spiro atoms. The van der Waals surface area contributed by atoms with Crippen LogP contribution >= 0.6 is 0 Å². The molecule has 0 aromatic rings. The molecule has 0 amide bonds. The fraction of sp³-hybridized carbons (Fsp3) is 0.786. The lowest BCUT2D eigenvalue weighted by molar-refractivity contribution is -0.108. The zero-order valence-electron chi connectivity index (χ0n) is 10.2. The van der Waals surface area contributed by atoms with Crippen LogP contribution in [0.15, 0.2) is 11.6 Å². The van der Waals surface area contributed by atoms with Gasteiger partial charge in [0, 0.05) is 6.42 Å². The molecule has 0 aromatic carbocycles. The zero-order chi connectivity index (χ0) is 11.1. The van der Waals surface area contributed by atoms with Crippen molar-refractivity contribution in [2.75, 3.05) is 0 Å². The van der Waals surface area contributed by atoms with Gasteiger partial charge < -0.3 is 4.79 Å². The van der Waals surface area contributed by atoms with Gasteiger partial charge in [0.25, 0.3) is 0 Å². The largest absolute Gasteiger partial charge is 0.303 e. The molecule has 1 rings (SSSR count). The summed E-state index contributed by atoms with van der Waals surface area (Å²) < 4.78 is 0. The molecule has 0 aromatic heterocycles. The Morgan fingerprint density at radius 3 is 2.93 bits per heavy atom. The molecule has 0 saturated heterocycles. The first-order valence-corrected chi connectivity index (χ1v) is 6.40. The van der Waals surface area contributed by atoms with E-state index in [9.17, 15) is 4.79 Å². The van der Waals surface area contributed by atoms with E-state index in [1.54, 1.807) is 0 Å². The van der Waals surface area contributed by atoms with Gasteiger partial charge in [-0.05, 0) is 31.1 Å². The summed E-state index contributed by atoms with van der Waals surface area (Å²) in [5.41, 5.74) is 1.52. The van der Waals surface area contributed by atoms with Crippen molar-refractivity contribution < 1.29 is 4.79 Å². The maximum Gasteiger partial charge on any atom is 0.120 e. The van der Waals surface area contributed by atoms with E-state index < -0.39 is 0 Å². The van der Waals surface area contributed by atoms with Crippen molar-refractivity contribution in [2.45, 2.75) is 58.8 Å². The fourth-order valence-corrected chi connectivity index (χ4v) is 2.41. The number of allylic oxidation sites excluding steroid dienone is 2. The van der Waals surface area contributed by atoms with Crippen LogP contribution in [-0.2, 0) is 4.79 Å². The lowest BCUT2D eigenvalue weighted by Gasteiger charge is -2.24. The van der Waals surface area contributed by atoms with Crippen LogP contribution in [0.5, 0.6) is 0 Å². The fourth-order valence-electron chi connectivity index (χ4n) is 2.41. The first kappa shape index (κ1) is 12.5. The van der Waals surface area contributed by atoms with Gasteiger partial charge in [0.2, 0.25) is 0 Å². The zero-order valence-corrected chi connectivity index (χ0v) is 10.2. The van der Waals surface area contributed by atoms with Crippen molar-refractivity contribution in [3.63, 3.8) is 0 Å². The van der Waals surface area contributed by atoms with Crippen LogP contribution in [0, 0.1) is 11.8 Å². The van der Waals surface area contributed by atoms with Crippen molar-refractivity contribution in [1.29, 1.82) is 0 Å². The maximum absolute atomic E-state index is 10.4. The van der Waals surface area contributed by atoms with E-state index in [1.165, 1.54) is 44.1 Å². The Balaban J connectivity index is 2.33. The minimum absolute atomic E-state index is 0.481. The van der Waals surface area contributed by atoms with Gasteiger partial charge in [0.1, 0.15) is 6.29 Å². The second kappa shape index (κ2) is 6.81. The second-order valence-corrected chi connectivity index (χ2v) is 4.87. The van der Waals surface area contributed by atoms with E-state index in [-0.39, 0.29) is 0 Å². The Morgan fingerprint density at radius 1 is 1.60 bits per heavy atom. The Bertz CT molecular complexity index is 217. The van der Waals surface area contributed by atoms with Gasteiger partial charge in [0.05, 0.1) is 0 Å². The lowest BCUT2D eigenvalue weighted by atomic mass is 9.81. The number of hydrogen-bond donors (Lipinski definition) is 0. The number of aldehydes is 1. The molecule has 0 heterocycles. The lowest BCUT2D eigenvalue weighted by Crippen LogP contribution is -2.10. The van der Waals surface area contributed by atoms with Crippen molar-refractivity contribution >= 4 is 6.29 Å². The molecule has 1 aliphatic carbocycles. The van der Waals surface area contributed by atoms with Gasteiger partial charge in [-0.1, -0.05) is 44.8 Å². The summed E-state index contributed by atoms with van der Waals surface area (Å²) in [6.07, 6.45) is 12.0. The molecule has 0 fully saturated rings. The predicted molar refractivity (Wildman–Crippen MR) is 64.8 cm³/mol. The van der Waals surface area contributed by atoms with Gasteiger partial charge in [0.15, 0.2) is 0 Å². The Hall–Kier alpha value is -0.590. The van der Waals surface area contributed by atoms with Crippen LogP contribution in [0.1, 0.15) is 58.8 Å². The van der Waals surface area contributed by atoms with Crippen LogP contribution in [0.2, 0.25) is 0 Å². The minimum Gasteiger partial charge on any atom is -0.303 e. The van der Waals surface area contributed by atoms with Crippen LogP contribution in [0.4, 0.5) is 0 Å². The molecule has 0 saturated carbocycles. The first-order chi connectivity index (χ1) is 7.27. The molecule has 0 aliphatic heterocycles. The van der Waals surface area contributed by atoms with Gasteiger partial charge in [-0.25, -0.2) is 0 Å². The topological polar surface area (TPSA) is 17.1 Å². The highest BCUT2D eigenvalue weighted by molar-refractivity contribution is 5.50. The van der Waals surface area contributed by atoms with Crippen molar-refractivity contribution in [1.82, 2.24) is 0 Å². The molecule has 0 radical (unpaired) electrons. The number of rotatable bonds is 6. The second-order valence-electron chi connectivity index (χ2n) is 4.87. The Labute approximate surface area is 93.9 Å². The molecular weight excluding hydrogens is 184 g/mol. The van der Waals surface area contributed by atoms with Crippen LogP contribution in [0.25, 0.3) is 0 Å². The quantitative estimate of drug-likeness (QED) is 0.474. The normalized spacial score (nSPS) is 23.3. The molecule has 0 N–H and O–H groups in total. The van der Waals surface area contributed by atoms with E-state index in [4.69, 9.17) is 0 Å². The molecule has 15 heavy (non-hydrogen) atoms. The van der Waals surface area contributed by atoms with Crippen molar-refractivity contribution in [3.05, 3.63) is 11.6 Å². The summed E-state index contributed by atoms with van der Waals surface area (Å²) in [5.74, 6) is 1.40. The Kier molecular flexibility index (Phi) is 5.67. The highest BCUT2D eigenvalue weighted by Crippen LogP contribution is 2.31. The summed E-state index contributed by atoms with van der Waals surface area (Å²) in [7, 11) is 0. The molecule has 1 heteroatoms. The number of unbranched alkanes of at least 4 members (excludes halogenated alkanes) is 1. The average Bonchev–Trinajstić information content (AvgIpc) is 2.27. The molecular formula is C14H24O. The third-order valence-corrected chi connectivity index (χ3v) is 3.60. The van der Waals surface area contributed by atoms with E-state index in [2.05, 4.69) is 19.9 Å². The van der Waals surface area contributed by atoms with Gasteiger partial charge >= 0.3 is 0 Å². The minimum atomic E-state index is 0.481. The summed E-state index contributed by atoms with van der Waals surface area (Å²) in [6.45, 7) is 4.43. The van der Waals surface area contributed by atoms with Crippen molar-refractivity contribution in [2.24, 2.45) is 11.8 Å². The molecule has 0 bridgehead atoms. The third-order valence-electron chi connectivity index (χ3n) is 3.60. The molecule has 1 aliphatic rings. The molecule has 1 unspecified atom stereocenters. The van der Waals surface area contributed by atoms with Crippen LogP contribution in [-0.4, -0.2) is 6.29 Å². The highest BCUT2D eigenvalue weighted by atomic mass is 16.1. The third kappa shape index (κ3) is 4.19. The average molecular weight is 208 g/mol. The smallest absolute Gasteiger partial charge is 0.120 e. The summed E-state index contributed by atoms with van der Waals surface area (Å²) in [5, 5.41) is 0. The maximum atomic E-state index is 10.4. The predicted octanol–water partition coefficient (Wildman–Crippen LogP) is 4.13. The number of carbonyl (C=O) groups excluding carboxylic acids is 1. The summed E-state index contributed by atoms with van der Waals surface area (Å²) in [4.78, 5) is 10.4. The van der Waals surface area contributed by atoms with E-state index in [0.717, 1.165) is 12.2 Å². The number of carbonyl (C=O) groups is 1. The first-order valence-electron chi connectivity index (χ1n) is 6.40.